The molecule has 18 heavy (non-hydrogen) atoms. The Hall–Kier alpha value is -1.06. The van der Waals surface area contributed by atoms with E-state index >= 15 is 0 Å². The van der Waals surface area contributed by atoms with Crippen molar-refractivity contribution in [1.82, 2.24) is 5.32 Å². The lowest BCUT2D eigenvalue weighted by Crippen LogP contribution is -2.56. The standard InChI is InChI=1S/C14H25NO3/c1-9(2)11(16)14(6,10-7-8-10)15-12(17)18-13(3,4)5/h9-10H,7-8H2,1-6H3,(H,15,17). The predicted molar refractivity (Wildman–Crippen MR) is 70.3 cm³/mol. The van der Waals surface area contributed by atoms with Crippen LogP contribution >= 0.6 is 0 Å². The zero-order valence-electron chi connectivity index (χ0n) is 12.3. The van der Waals surface area contributed by atoms with Crippen molar-refractivity contribution in [3.05, 3.63) is 0 Å². The molecule has 1 N–H and O–H groups in total. The van der Waals surface area contributed by atoms with Crippen molar-refractivity contribution in [1.29, 1.82) is 0 Å². The average Bonchev–Trinajstić information content (AvgIpc) is 2.95. The summed E-state index contributed by atoms with van der Waals surface area (Å²) in [4.78, 5) is 24.1. The van der Waals surface area contributed by atoms with Crippen molar-refractivity contribution in [3.63, 3.8) is 0 Å². The summed E-state index contributed by atoms with van der Waals surface area (Å²) in [6.45, 7) is 11.0. The molecule has 0 aromatic carbocycles. The van der Waals surface area contributed by atoms with E-state index < -0.39 is 17.2 Å². The lowest BCUT2D eigenvalue weighted by atomic mass is 9.84. The van der Waals surface area contributed by atoms with Crippen LogP contribution in [0, 0.1) is 11.8 Å². The summed E-state index contributed by atoms with van der Waals surface area (Å²) in [6, 6.07) is 0. The zero-order chi connectivity index (χ0) is 14.1. The van der Waals surface area contributed by atoms with Crippen LogP contribution in [-0.2, 0) is 9.53 Å². The highest BCUT2D eigenvalue weighted by Gasteiger charge is 2.49. The number of Topliss-reactive ketones (excluding diaryl/α,β-unsaturated/α-hetero) is 1. The van der Waals surface area contributed by atoms with Gasteiger partial charge in [0.1, 0.15) is 11.1 Å². The number of carbonyl (C=O) groups excluding carboxylic acids is 2. The van der Waals surface area contributed by atoms with Gasteiger partial charge in [-0.3, -0.25) is 4.79 Å². The number of hydrogen-bond acceptors (Lipinski definition) is 3. The first kappa shape index (κ1) is 15.0. The van der Waals surface area contributed by atoms with E-state index in [9.17, 15) is 9.59 Å². The largest absolute Gasteiger partial charge is 0.444 e. The predicted octanol–water partition coefficient (Wildman–Crippen LogP) is 2.90. The van der Waals surface area contributed by atoms with E-state index in [1.807, 2.05) is 41.5 Å². The Bertz CT molecular complexity index is 339. The molecule has 0 saturated heterocycles. The van der Waals surface area contributed by atoms with E-state index in [0.29, 0.717) is 0 Å². The summed E-state index contributed by atoms with van der Waals surface area (Å²) in [5.74, 6) is 0.237. The maximum absolute atomic E-state index is 12.3. The highest BCUT2D eigenvalue weighted by Crippen LogP contribution is 2.41. The number of amides is 1. The molecule has 1 fully saturated rings. The molecule has 1 saturated carbocycles. The van der Waals surface area contributed by atoms with Gasteiger partial charge in [-0.05, 0) is 46.5 Å². The van der Waals surface area contributed by atoms with Crippen molar-refractivity contribution >= 4 is 11.9 Å². The molecular weight excluding hydrogens is 230 g/mol. The third-order valence-electron chi connectivity index (χ3n) is 3.19. The first-order valence-corrected chi connectivity index (χ1v) is 6.62. The zero-order valence-corrected chi connectivity index (χ0v) is 12.3. The van der Waals surface area contributed by atoms with Gasteiger partial charge in [0, 0.05) is 5.92 Å². The van der Waals surface area contributed by atoms with Gasteiger partial charge in [-0.1, -0.05) is 13.8 Å². The lowest BCUT2D eigenvalue weighted by molar-refractivity contribution is -0.128. The van der Waals surface area contributed by atoms with Gasteiger partial charge in [0.2, 0.25) is 0 Å². The van der Waals surface area contributed by atoms with E-state index in [4.69, 9.17) is 4.74 Å². The Morgan fingerprint density at radius 2 is 1.67 bits per heavy atom. The molecule has 0 aromatic rings. The molecule has 1 aliphatic rings. The highest BCUT2D eigenvalue weighted by molar-refractivity contribution is 5.93. The molecule has 0 aliphatic heterocycles. The van der Waals surface area contributed by atoms with Crippen LogP contribution in [-0.4, -0.2) is 23.0 Å². The Balaban J connectivity index is 2.75. The Labute approximate surface area is 109 Å². The van der Waals surface area contributed by atoms with E-state index in [0.717, 1.165) is 12.8 Å². The fourth-order valence-corrected chi connectivity index (χ4v) is 2.14. The van der Waals surface area contributed by atoms with Crippen molar-refractivity contribution in [2.45, 2.75) is 65.5 Å². The molecule has 0 heterocycles. The molecule has 1 unspecified atom stereocenters. The Kier molecular flexibility index (Phi) is 4.08. The van der Waals surface area contributed by atoms with Crippen LogP contribution in [0.25, 0.3) is 0 Å². The molecule has 4 heteroatoms. The molecule has 104 valence electrons. The molecule has 0 spiro atoms. The van der Waals surface area contributed by atoms with Crippen LogP contribution in [0.4, 0.5) is 4.79 Å². The molecule has 0 bridgehead atoms. The summed E-state index contributed by atoms with van der Waals surface area (Å²) >= 11 is 0. The molecule has 1 aliphatic carbocycles. The van der Waals surface area contributed by atoms with Crippen molar-refractivity contribution < 1.29 is 14.3 Å². The number of ether oxygens (including phenoxy) is 1. The first-order chi connectivity index (χ1) is 8.06. The number of rotatable bonds is 4. The number of carbonyl (C=O) groups is 2. The van der Waals surface area contributed by atoms with Gasteiger partial charge in [-0.25, -0.2) is 4.79 Å². The number of ketones is 1. The van der Waals surface area contributed by atoms with Crippen LogP contribution < -0.4 is 5.32 Å². The minimum Gasteiger partial charge on any atom is -0.444 e. The van der Waals surface area contributed by atoms with Crippen LogP contribution in [0.5, 0.6) is 0 Å². The van der Waals surface area contributed by atoms with Gasteiger partial charge >= 0.3 is 6.09 Å². The van der Waals surface area contributed by atoms with Gasteiger partial charge in [-0.2, -0.15) is 0 Å². The van der Waals surface area contributed by atoms with Crippen molar-refractivity contribution in [2.75, 3.05) is 0 Å². The smallest absolute Gasteiger partial charge is 0.408 e. The monoisotopic (exact) mass is 255 g/mol. The maximum atomic E-state index is 12.3. The molecule has 4 nitrogen and oxygen atoms in total. The van der Waals surface area contributed by atoms with Gasteiger partial charge in [0.15, 0.2) is 5.78 Å². The fourth-order valence-electron chi connectivity index (χ4n) is 2.14. The number of nitrogens with one attached hydrogen (secondary N) is 1. The summed E-state index contributed by atoms with van der Waals surface area (Å²) < 4.78 is 5.24. The van der Waals surface area contributed by atoms with Gasteiger partial charge in [-0.15, -0.1) is 0 Å². The van der Waals surface area contributed by atoms with Gasteiger partial charge < -0.3 is 10.1 Å². The third kappa shape index (κ3) is 3.72. The maximum Gasteiger partial charge on any atom is 0.408 e. The normalized spacial score (nSPS) is 19.3. The number of alkyl carbamates (subject to hydrolysis) is 1. The SMILES string of the molecule is CC(C)C(=O)C(C)(NC(=O)OC(C)(C)C)C1CC1. The second kappa shape index (κ2) is 4.90. The van der Waals surface area contributed by atoms with E-state index in [1.54, 1.807) is 0 Å². The quantitative estimate of drug-likeness (QED) is 0.840. The summed E-state index contributed by atoms with van der Waals surface area (Å²) in [7, 11) is 0. The van der Waals surface area contributed by atoms with Crippen LogP contribution in [0.15, 0.2) is 0 Å². The van der Waals surface area contributed by atoms with E-state index in [-0.39, 0.29) is 17.6 Å². The average molecular weight is 255 g/mol. The van der Waals surface area contributed by atoms with Gasteiger partial charge in [0.25, 0.3) is 0 Å². The summed E-state index contributed by atoms with van der Waals surface area (Å²) in [5, 5.41) is 2.78. The molecule has 1 amide bonds. The van der Waals surface area contributed by atoms with Gasteiger partial charge in [0.05, 0.1) is 0 Å². The van der Waals surface area contributed by atoms with Crippen LogP contribution in [0.2, 0.25) is 0 Å². The van der Waals surface area contributed by atoms with E-state index in [1.165, 1.54) is 0 Å². The lowest BCUT2D eigenvalue weighted by Gasteiger charge is -2.32. The molecule has 0 aromatic heterocycles. The minimum absolute atomic E-state index is 0.0795. The first-order valence-electron chi connectivity index (χ1n) is 6.62. The second-order valence-electron chi connectivity index (χ2n) is 6.62. The van der Waals surface area contributed by atoms with Crippen molar-refractivity contribution in [2.24, 2.45) is 11.8 Å². The van der Waals surface area contributed by atoms with Crippen LogP contribution in [0.3, 0.4) is 0 Å². The summed E-state index contributed by atoms with van der Waals surface area (Å²) in [5.41, 5.74) is -1.33. The Morgan fingerprint density at radius 3 is 2.00 bits per heavy atom. The third-order valence-corrected chi connectivity index (χ3v) is 3.19. The molecule has 1 atom stereocenters. The summed E-state index contributed by atoms with van der Waals surface area (Å²) in [6.07, 6.45) is 1.47. The molecule has 1 rings (SSSR count). The fraction of sp³-hybridized carbons (Fsp3) is 0.857. The van der Waals surface area contributed by atoms with E-state index in [2.05, 4.69) is 5.32 Å². The topological polar surface area (TPSA) is 55.4 Å². The molecular formula is C14H25NO3. The highest BCUT2D eigenvalue weighted by atomic mass is 16.6. The van der Waals surface area contributed by atoms with Crippen molar-refractivity contribution in [3.8, 4) is 0 Å². The van der Waals surface area contributed by atoms with Crippen LogP contribution in [0.1, 0.15) is 54.4 Å². The Morgan fingerprint density at radius 1 is 1.17 bits per heavy atom. The minimum atomic E-state index is -0.781. The molecule has 0 radical (unpaired) electrons. The number of hydrogen-bond donors (Lipinski definition) is 1. The second-order valence-corrected chi connectivity index (χ2v) is 6.62.